The Balaban J connectivity index is 1.66. The molecule has 0 radical (unpaired) electrons. The first-order valence-corrected chi connectivity index (χ1v) is 9.63. The number of carbonyl (C=O) groups is 1. The summed E-state index contributed by atoms with van der Waals surface area (Å²) in [6, 6.07) is 13.0. The molecule has 0 aliphatic heterocycles. The Hall–Kier alpha value is -3.04. The van der Waals surface area contributed by atoms with E-state index in [1.807, 2.05) is 0 Å². The molecule has 0 saturated heterocycles. The van der Waals surface area contributed by atoms with Crippen molar-refractivity contribution in [2.45, 2.75) is 11.5 Å². The molecule has 9 heteroatoms. The zero-order chi connectivity index (χ0) is 20.3. The molecule has 0 saturated carbocycles. The largest absolute Gasteiger partial charge is 0.455 e. The fourth-order valence-corrected chi connectivity index (χ4v) is 3.27. The normalized spacial score (nSPS) is 11.6. The van der Waals surface area contributed by atoms with Crippen LogP contribution in [0.3, 0.4) is 0 Å². The second-order valence-corrected chi connectivity index (χ2v) is 8.20. The molecule has 0 unspecified atom stereocenters. The molecule has 0 atom stereocenters. The van der Waals surface area contributed by atoms with E-state index in [9.17, 15) is 17.6 Å². The van der Waals surface area contributed by atoms with E-state index in [0.717, 1.165) is 4.31 Å². The lowest BCUT2D eigenvalue weighted by atomic mass is 10.1. The highest BCUT2D eigenvalue weighted by Gasteiger charge is 2.18. The van der Waals surface area contributed by atoms with Gasteiger partial charge in [0.25, 0.3) is 0 Å². The van der Waals surface area contributed by atoms with Gasteiger partial charge in [-0.1, -0.05) is 17.3 Å². The molecule has 0 aliphatic rings. The summed E-state index contributed by atoms with van der Waals surface area (Å²) in [5.41, 5.74) is 0.763. The van der Waals surface area contributed by atoms with Gasteiger partial charge in [0.05, 0.1) is 16.0 Å². The molecule has 0 spiro atoms. The zero-order valence-electron chi connectivity index (χ0n) is 15.1. The number of halogens is 1. The number of nitrogens with zero attached hydrogens (tertiary/aromatic N) is 2. The van der Waals surface area contributed by atoms with E-state index >= 15 is 0 Å². The topological polar surface area (TPSA) is 89.7 Å². The van der Waals surface area contributed by atoms with E-state index in [0.29, 0.717) is 5.69 Å². The van der Waals surface area contributed by atoms with Gasteiger partial charge in [-0.15, -0.1) is 0 Å². The van der Waals surface area contributed by atoms with Gasteiger partial charge in [0.1, 0.15) is 18.1 Å². The number of hydrogen-bond donors (Lipinski definition) is 0. The van der Waals surface area contributed by atoms with Crippen LogP contribution in [0.25, 0.3) is 11.3 Å². The average molecular weight is 404 g/mol. The summed E-state index contributed by atoms with van der Waals surface area (Å²) in [6.45, 7) is -0.172. The molecular formula is C19H17FN2O5S. The highest BCUT2D eigenvalue weighted by atomic mass is 32.2. The molecule has 0 fully saturated rings. The van der Waals surface area contributed by atoms with Crippen LogP contribution in [0.4, 0.5) is 4.39 Å². The maximum absolute atomic E-state index is 13.8. The molecule has 2 aromatic carbocycles. The molecule has 0 amide bonds. The maximum atomic E-state index is 13.8. The summed E-state index contributed by atoms with van der Waals surface area (Å²) in [6.07, 6.45) is 0. The van der Waals surface area contributed by atoms with Crippen molar-refractivity contribution >= 4 is 16.0 Å². The molecule has 7 nitrogen and oxygen atoms in total. The number of aromatic nitrogens is 1. The van der Waals surface area contributed by atoms with Gasteiger partial charge in [-0.25, -0.2) is 21.9 Å². The van der Waals surface area contributed by atoms with Crippen molar-refractivity contribution < 1.29 is 26.9 Å². The minimum absolute atomic E-state index is 0.0695. The van der Waals surface area contributed by atoms with Crippen molar-refractivity contribution in [1.82, 2.24) is 9.46 Å². The van der Waals surface area contributed by atoms with Crippen LogP contribution in [0.15, 0.2) is 64.0 Å². The second kappa shape index (κ2) is 7.91. The number of rotatable bonds is 6. The number of sulfonamides is 1. The molecule has 0 bridgehead atoms. The highest BCUT2D eigenvalue weighted by molar-refractivity contribution is 7.89. The Morgan fingerprint density at radius 2 is 1.82 bits per heavy atom. The van der Waals surface area contributed by atoms with Crippen LogP contribution in [0, 0.1) is 5.82 Å². The zero-order valence-corrected chi connectivity index (χ0v) is 15.9. The molecule has 1 heterocycles. The Morgan fingerprint density at radius 1 is 1.14 bits per heavy atom. The van der Waals surface area contributed by atoms with Crippen LogP contribution in [-0.2, 0) is 21.4 Å². The van der Waals surface area contributed by atoms with Crippen molar-refractivity contribution in [3.05, 3.63) is 71.7 Å². The smallest absolute Gasteiger partial charge is 0.338 e. The molecule has 3 rings (SSSR count). The molecule has 28 heavy (non-hydrogen) atoms. The molecule has 1 aromatic heterocycles. The monoisotopic (exact) mass is 404 g/mol. The Kier molecular flexibility index (Phi) is 5.57. The van der Waals surface area contributed by atoms with Gasteiger partial charge >= 0.3 is 5.97 Å². The fourth-order valence-electron chi connectivity index (χ4n) is 2.36. The van der Waals surface area contributed by atoms with Crippen LogP contribution in [0.2, 0.25) is 0 Å². The number of ether oxygens (including phenoxy) is 1. The van der Waals surface area contributed by atoms with Crippen molar-refractivity contribution in [1.29, 1.82) is 0 Å². The van der Waals surface area contributed by atoms with Crippen molar-refractivity contribution in [2.75, 3.05) is 14.1 Å². The third-order valence-electron chi connectivity index (χ3n) is 3.92. The second-order valence-electron chi connectivity index (χ2n) is 6.05. The number of carbonyl (C=O) groups excluding carboxylic acids is 1. The van der Waals surface area contributed by atoms with E-state index in [-0.39, 0.29) is 28.4 Å². The lowest BCUT2D eigenvalue weighted by Crippen LogP contribution is -2.22. The summed E-state index contributed by atoms with van der Waals surface area (Å²) in [5.74, 6) is -0.874. The van der Waals surface area contributed by atoms with Crippen molar-refractivity contribution in [3.63, 3.8) is 0 Å². The van der Waals surface area contributed by atoms with Crippen molar-refractivity contribution in [2.24, 2.45) is 0 Å². The van der Waals surface area contributed by atoms with Gasteiger partial charge < -0.3 is 9.26 Å². The van der Waals surface area contributed by atoms with E-state index < -0.39 is 21.8 Å². The summed E-state index contributed by atoms with van der Waals surface area (Å²) in [5, 5.41) is 3.76. The van der Waals surface area contributed by atoms with Gasteiger partial charge in [0.2, 0.25) is 10.0 Å². The minimum atomic E-state index is -3.57. The SMILES string of the molecule is CN(C)S(=O)(=O)c1ccc(C(=O)OCc2cc(-c3ccccc3F)on2)cc1. The summed E-state index contributed by atoms with van der Waals surface area (Å²) in [4.78, 5) is 12.2. The summed E-state index contributed by atoms with van der Waals surface area (Å²) in [7, 11) is -0.730. The minimum Gasteiger partial charge on any atom is -0.455 e. The van der Waals surface area contributed by atoms with Crippen LogP contribution in [0.5, 0.6) is 0 Å². The lowest BCUT2D eigenvalue weighted by Gasteiger charge is -2.11. The summed E-state index contributed by atoms with van der Waals surface area (Å²) >= 11 is 0. The summed E-state index contributed by atoms with van der Waals surface area (Å²) < 4.78 is 49.2. The average Bonchev–Trinajstić information content (AvgIpc) is 3.15. The first-order valence-electron chi connectivity index (χ1n) is 8.19. The van der Waals surface area contributed by atoms with Gasteiger partial charge in [-0.2, -0.15) is 0 Å². The lowest BCUT2D eigenvalue weighted by molar-refractivity contribution is 0.0464. The van der Waals surface area contributed by atoms with Gasteiger partial charge in [-0.3, -0.25) is 0 Å². The molecule has 146 valence electrons. The maximum Gasteiger partial charge on any atom is 0.338 e. The third-order valence-corrected chi connectivity index (χ3v) is 5.75. The first-order chi connectivity index (χ1) is 13.3. The number of esters is 1. The fraction of sp³-hybridized carbons (Fsp3) is 0.158. The predicted molar refractivity (Wildman–Crippen MR) is 98.3 cm³/mol. The van der Waals surface area contributed by atoms with E-state index in [2.05, 4.69) is 5.16 Å². The Morgan fingerprint density at radius 3 is 2.46 bits per heavy atom. The molecule has 3 aromatic rings. The molecule has 0 N–H and O–H groups in total. The quantitative estimate of drug-likeness (QED) is 0.587. The van der Waals surface area contributed by atoms with Crippen LogP contribution in [-0.4, -0.2) is 37.9 Å². The highest BCUT2D eigenvalue weighted by Crippen LogP contribution is 2.23. The van der Waals surface area contributed by atoms with Crippen LogP contribution >= 0.6 is 0 Å². The number of benzene rings is 2. The standard InChI is InChI=1S/C19H17FN2O5S/c1-22(2)28(24,25)15-9-7-13(8-10-15)19(23)26-12-14-11-18(27-21-14)16-5-3-4-6-17(16)20/h3-11H,12H2,1-2H3. The van der Waals surface area contributed by atoms with E-state index in [1.165, 1.54) is 50.5 Å². The molecule has 0 aliphatic carbocycles. The van der Waals surface area contributed by atoms with Crippen LogP contribution in [0.1, 0.15) is 16.1 Å². The third kappa shape index (κ3) is 4.10. The Bertz CT molecular complexity index is 1090. The van der Waals surface area contributed by atoms with Crippen LogP contribution < -0.4 is 0 Å². The molecular weight excluding hydrogens is 387 g/mol. The van der Waals surface area contributed by atoms with Gasteiger partial charge in [-0.05, 0) is 36.4 Å². The first kappa shape index (κ1) is 19.7. The predicted octanol–water partition coefficient (Wildman–Crippen LogP) is 3.09. The number of hydrogen-bond acceptors (Lipinski definition) is 6. The van der Waals surface area contributed by atoms with E-state index in [4.69, 9.17) is 9.26 Å². The van der Waals surface area contributed by atoms with E-state index in [1.54, 1.807) is 18.2 Å². The van der Waals surface area contributed by atoms with Gasteiger partial charge in [0, 0.05) is 20.2 Å². The van der Waals surface area contributed by atoms with Gasteiger partial charge in [0.15, 0.2) is 5.76 Å². The Labute approximate surface area is 161 Å². The van der Waals surface area contributed by atoms with Crippen molar-refractivity contribution in [3.8, 4) is 11.3 Å².